The number of aliphatic carboxylic acids is 2. The molecule has 0 aromatic rings. The summed E-state index contributed by atoms with van der Waals surface area (Å²) in [6, 6.07) is 0. The molecule has 1 aliphatic heterocycles. The maximum atomic E-state index is 10.6. The van der Waals surface area contributed by atoms with Crippen molar-refractivity contribution in [2.45, 2.75) is 24.8 Å². The van der Waals surface area contributed by atoms with E-state index in [0.29, 0.717) is 12.8 Å². The lowest BCUT2D eigenvalue weighted by molar-refractivity contribution is -0.157. The molecule has 5 nitrogen and oxygen atoms in total. The second-order valence-corrected chi connectivity index (χ2v) is 2.67. The van der Waals surface area contributed by atoms with Crippen LogP contribution >= 0.6 is 0 Å². The quantitative estimate of drug-likeness (QED) is 0.579. The molecule has 2 N–H and O–H groups in total. The number of aliphatic imine (C=N–C) groups is 1. The lowest BCUT2D eigenvalue weighted by Crippen LogP contribution is -2.46. The molecule has 0 fully saturated rings. The molecule has 0 spiro atoms. The summed E-state index contributed by atoms with van der Waals surface area (Å²) in [5.74, 6) is -2.77. The van der Waals surface area contributed by atoms with Crippen LogP contribution in [-0.2, 0) is 9.59 Å². The number of carboxylic acids is 2. The Morgan fingerprint density at radius 2 is 1.92 bits per heavy atom. The van der Waals surface area contributed by atoms with Gasteiger partial charge in [0.05, 0.1) is 0 Å². The Morgan fingerprint density at radius 3 is 2.17 bits per heavy atom. The van der Waals surface area contributed by atoms with Crippen molar-refractivity contribution in [3.8, 4) is 0 Å². The first-order valence-corrected chi connectivity index (χ1v) is 3.60. The van der Waals surface area contributed by atoms with Gasteiger partial charge in [-0.25, -0.2) is 9.59 Å². The average molecular weight is 171 g/mol. The number of carbonyl (C=O) groups is 2. The molecule has 5 heteroatoms. The average Bonchev–Trinajstić information content (AvgIpc) is 2.05. The predicted molar refractivity (Wildman–Crippen MR) is 40.3 cm³/mol. The summed E-state index contributed by atoms with van der Waals surface area (Å²) in [5.41, 5.74) is -1.92. The predicted octanol–water partition coefficient (Wildman–Crippen LogP) is 0.149. The van der Waals surface area contributed by atoms with Crippen LogP contribution in [0.15, 0.2) is 4.99 Å². The molecule has 0 aromatic carbocycles. The van der Waals surface area contributed by atoms with E-state index in [1.807, 2.05) is 0 Å². The van der Waals surface area contributed by atoms with E-state index in [1.165, 1.54) is 6.21 Å². The topological polar surface area (TPSA) is 87.0 Å². The van der Waals surface area contributed by atoms with Crippen LogP contribution in [0, 0.1) is 0 Å². The Bertz CT molecular complexity index is 232. The van der Waals surface area contributed by atoms with Crippen LogP contribution in [0.3, 0.4) is 0 Å². The van der Waals surface area contributed by atoms with Gasteiger partial charge in [0.2, 0.25) is 0 Å². The molecule has 0 saturated heterocycles. The zero-order chi connectivity index (χ0) is 9.19. The molecule has 0 amide bonds. The molecular formula is C7H9NO4. The Kier molecular flexibility index (Phi) is 2.12. The van der Waals surface area contributed by atoms with Crippen molar-refractivity contribution in [3.05, 3.63) is 0 Å². The van der Waals surface area contributed by atoms with Crippen molar-refractivity contribution in [2.75, 3.05) is 0 Å². The maximum Gasteiger partial charge on any atom is 0.343 e. The van der Waals surface area contributed by atoms with Gasteiger partial charge < -0.3 is 10.2 Å². The fourth-order valence-corrected chi connectivity index (χ4v) is 1.15. The van der Waals surface area contributed by atoms with Gasteiger partial charge in [-0.2, -0.15) is 0 Å². The van der Waals surface area contributed by atoms with Gasteiger partial charge in [-0.05, 0) is 19.3 Å². The third kappa shape index (κ3) is 1.17. The minimum atomic E-state index is -1.92. The number of carboxylic acid groups (broad SMARTS) is 2. The largest absolute Gasteiger partial charge is 0.479 e. The molecular weight excluding hydrogens is 162 g/mol. The molecule has 1 heterocycles. The summed E-state index contributed by atoms with van der Waals surface area (Å²) in [4.78, 5) is 24.8. The standard InChI is InChI=1S/C7H9NO4/c9-5(10)7(6(11)12)3-1-2-4-8-7/h4H,1-3H2,(H,9,10)(H,11,12). The molecule has 0 aromatic heterocycles. The molecule has 0 radical (unpaired) electrons. The molecule has 1 aliphatic rings. The Labute approximate surface area is 68.7 Å². The Hall–Kier alpha value is -1.39. The Balaban J connectivity index is 3.01. The van der Waals surface area contributed by atoms with E-state index in [2.05, 4.69) is 4.99 Å². The highest BCUT2D eigenvalue weighted by atomic mass is 16.4. The van der Waals surface area contributed by atoms with Gasteiger partial charge in [0.25, 0.3) is 5.54 Å². The van der Waals surface area contributed by atoms with Crippen LogP contribution in [-0.4, -0.2) is 33.9 Å². The normalized spacial score (nSPS) is 20.3. The zero-order valence-corrected chi connectivity index (χ0v) is 6.36. The summed E-state index contributed by atoms with van der Waals surface area (Å²) in [7, 11) is 0. The van der Waals surface area contributed by atoms with Crippen molar-refractivity contribution in [2.24, 2.45) is 4.99 Å². The van der Waals surface area contributed by atoms with E-state index in [-0.39, 0.29) is 6.42 Å². The second kappa shape index (κ2) is 2.92. The van der Waals surface area contributed by atoms with E-state index in [9.17, 15) is 9.59 Å². The summed E-state index contributed by atoms with van der Waals surface area (Å²) < 4.78 is 0. The summed E-state index contributed by atoms with van der Waals surface area (Å²) in [5, 5.41) is 17.3. The molecule has 1 rings (SSSR count). The lowest BCUT2D eigenvalue weighted by Gasteiger charge is -2.22. The highest BCUT2D eigenvalue weighted by Crippen LogP contribution is 2.23. The molecule has 66 valence electrons. The maximum absolute atomic E-state index is 10.6. The van der Waals surface area contributed by atoms with Crippen LogP contribution in [0.4, 0.5) is 0 Å². The minimum absolute atomic E-state index is 0.0775. The molecule has 12 heavy (non-hydrogen) atoms. The van der Waals surface area contributed by atoms with Gasteiger partial charge >= 0.3 is 11.9 Å². The molecule has 0 atom stereocenters. The summed E-state index contributed by atoms with van der Waals surface area (Å²) in [6.45, 7) is 0. The SMILES string of the molecule is O=C(O)C1(C(=O)O)CCCC=N1. The van der Waals surface area contributed by atoms with Crippen molar-refractivity contribution in [3.63, 3.8) is 0 Å². The van der Waals surface area contributed by atoms with Crippen molar-refractivity contribution < 1.29 is 19.8 Å². The minimum Gasteiger partial charge on any atom is -0.479 e. The first-order chi connectivity index (χ1) is 5.59. The first kappa shape index (κ1) is 8.70. The highest BCUT2D eigenvalue weighted by Gasteiger charge is 2.46. The lowest BCUT2D eigenvalue weighted by atomic mass is 9.91. The van der Waals surface area contributed by atoms with Gasteiger partial charge in [0.1, 0.15) is 0 Å². The van der Waals surface area contributed by atoms with Crippen LogP contribution in [0.2, 0.25) is 0 Å². The number of hydrogen-bond acceptors (Lipinski definition) is 3. The van der Waals surface area contributed by atoms with Gasteiger partial charge in [-0.3, -0.25) is 4.99 Å². The Morgan fingerprint density at radius 1 is 1.33 bits per heavy atom. The molecule has 0 unspecified atom stereocenters. The van der Waals surface area contributed by atoms with E-state index in [0.717, 1.165) is 0 Å². The fraction of sp³-hybridized carbons (Fsp3) is 0.571. The summed E-state index contributed by atoms with van der Waals surface area (Å²) in [6.07, 6.45) is 2.66. The van der Waals surface area contributed by atoms with Gasteiger partial charge in [0.15, 0.2) is 0 Å². The third-order valence-electron chi connectivity index (χ3n) is 1.89. The summed E-state index contributed by atoms with van der Waals surface area (Å²) >= 11 is 0. The van der Waals surface area contributed by atoms with Crippen LogP contribution < -0.4 is 0 Å². The smallest absolute Gasteiger partial charge is 0.343 e. The number of nitrogens with zero attached hydrogens (tertiary/aromatic N) is 1. The molecule has 0 bridgehead atoms. The second-order valence-electron chi connectivity index (χ2n) is 2.67. The van der Waals surface area contributed by atoms with Gasteiger partial charge in [0, 0.05) is 6.21 Å². The van der Waals surface area contributed by atoms with Crippen LogP contribution in [0.1, 0.15) is 19.3 Å². The van der Waals surface area contributed by atoms with Crippen molar-refractivity contribution in [1.82, 2.24) is 0 Å². The van der Waals surface area contributed by atoms with Crippen molar-refractivity contribution in [1.29, 1.82) is 0 Å². The van der Waals surface area contributed by atoms with Crippen LogP contribution in [0.25, 0.3) is 0 Å². The van der Waals surface area contributed by atoms with E-state index in [1.54, 1.807) is 0 Å². The monoisotopic (exact) mass is 171 g/mol. The van der Waals surface area contributed by atoms with Gasteiger partial charge in [-0.15, -0.1) is 0 Å². The fourth-order valence-electron chi connectivity index (χ4n) is 1.15. The molecule has 0 aliphatic carbocycles. The zero-order valence-electron chi connectivity index (χ0n) is 6.36. The van der Waals surface area contributed by atoms with E-state index in [4.69, 9.17) is 10.2 Å². The number of rotatable bonds is 2. The van der Waals surface area contributed by atoms with Gasteiger partial charge in [-0.1, -0.05) is 0 Å². The third-order valence-corrected chi connectivity index (χ3v) is 1.89. The molecule has 0 saturated carbocycles. The van der Waals surface area contributed by atoms with Crippen molar-refractivity contribution >= 4 is 18.2 Å². The number of hydrogen-bond donors (Lipinski definition) is 2. The van der Waals surface area contributed by atoms with E-state index < -0.39 is 17.5 Å². The first-order valence-electron chi connectivity index (χ1n) is 3.60. The van der Waals surface area contributed by atoms with Crippen LogP contribution in [0.5, 0.6) is 0 Å². The van der Waals surface area contributed by atoms with E-state index >= 15 is 0 Å². The highest BCUT2D eigenvalue weighted by molar-refractivity contribution is 6.04.